The second-order valence-corrected chi connectivity index (χ2v) is 1.50. The molecule has 0 spiro atoms. The SMILES string of the molecule is C1CNCCN1.[Na+].[OH-]. The molecule has 1 aliphatic rings. The Morgan fingerprint density at radius 3 is 1.12 bits per heavy atom. The van der Waals surface area contributed by atoms with E-state index in [1.54, 1.807) is 0 Å². The molecule has 8 heavy (non-hydrogen) atoms. The number of nitrogens with one attached hydrogen (secondary N) is 2. The number of piperazine rings is 1. The molecular weight excluding hydrogens is 115 g/mol. The average molecular weight is 126 g/mol. The number of hydrogen-bond donors (Lipinski definition) is 2. The van der Waals surface area contributed by atoms with E-state index in [-0.39, 0.29) is 35.0 Å². The normalized spacial score (nSPS) is 18.0. The smallest absolute Gasteiger partial charge is 0.870 e. The van der Waals surface area contributed by atoms with Crippen LogP contribution in [0.1, 0.15) is 0 Å². The topological polar surface area (TPSA) is 54.1 Å². The molecule has 0 radical (unpaired) electrons. The number of rotatable bonds is 0. The Bertz CT molecular complexity index is 29.5. The van der Waals surface area contributed by atoms with Gasteiger partial charge in [-0.3, -0.25) is 0 Å². The van der Waals surface area contributed by atoms with Crippen LogP contribution in [0.4, 0.5) is 0 Å². The summed E-state index contributed by atoms with van der Waals surface area (Å²) in [7, 11) is 0. The van der Waals surface area contributed by atoms with Crippen LogP contribution in [0.5, 0.6) is 0 Å². The quantitative estimate of drug-likeness (QED) is 0.325. The predicted molar refractivity (Wildman–Crippen MR) is 27.7 cm³/mol. The molecule has 1 aliphatic heterocycles. The molecule has 44 valence electrons. The molecule has 4 heteroatoms. The fourth-order valence-corrected chi connectivity index (χ4v) is 0.604. The summed E-state index contributed by atoms with van der Waals surface area (Å²) in [6.07, 6.45) is 0. The van der Waals surface area contributed by atoms with Gasteiger partial charge in [0.2, 0.25) is 0 Å². The van der Waals surface area contributed by atoms with Crippen molar-refractivity contribution in [3.05, 3.63) is 0 Å². The third-order valence-corrected chi connectivity index (χ3v) is 0.957. The van der Waals surface area contributed by atoms with Gasteiger partial charge in [0, 0.05) is 26.2 Å². The van der Waals surface area contributed by atoms with Crippen molar-refractivity contribution in [2.75, 3.05) is 26.2 Å². The van der Waals surface area contributed by atoms with Gasteiger partial charge in [-0.25, -0.2) is 0 Å². The predicted octanol–water partition coefficient (Wildman–Crippen LogP) is -3.99. The molecule has 0 aliphatic carbocycles. The Hall–Kier alpha value is 0.880. The van der Waals surface area contributed by atoms with Gasteiger partial charge in [0.25, 0.3) is 0 Å². The maximum absolute atomic E-state index is 3.22. The van der Waals surface area contributed by atoms with Gasteiger partial charge in [0.15, 0.2) is 0 Å². The van der Waals surface area contributed by atoms with Crippen molar-refractivity contribution < 1.29 is 35.0 Å². The molecule has 0 atom stereocenters. The van der Waals surface area contributed by atoms with Gasteiger partial charge in [-0.2, -0.15) is 0 Å². The Labute approximate surface area is 71.8 Å². The fourth-order valence-electron chi connectivity index (χ4n) is 0.604. The molecule has 0 saturated carbocycles. The molecule has 1 rings (SSSR count). The summed E-state index contributed by atoms with van der Waals surface area (Å²) in [6.45, 7) is 4.56. The summed E-state index contributed by atoms with van der Waals surface area (Å²) in [5.41, 5.74) is 0. The van der Waals surface area contributed by atoms with Gasteiger partial charge in [-0.1, -0.05) is 0 Å². The second-order valence-electron chi connectivity index (χ2n) is 1.50. The largest absolute Gasteiger partial charge is 1.00 e. The minimum Gasteiger partial charge on any atom is -0.870 e. The maximum atomic E-state index is 3.22. The molecular formula is C4H11N2NaO. The maximum Gasteiger partial charge on any atom is 1.00 e. The molecule has 1 heterocycles. The van der Waals surface area contributed by atoms with Crippen molar-refractivity contribution in [2.24, 2.45) is 0 Å². The first-order valence-corrected chi connectivity index (χ1v) is 2.41. The van der Waals surface area contributed by atoms with E-state index in [1.165, 1.54) is 0 Å². The molecule has 3 nitrogen and oxygen atoms in total. The van der Waals surface area contributed by atoms with Crippen molar-refractivity contribution in [2.45, 2.75) is 0 Å². The van der Waals surface area contributed by atoms with E-state index in [4.69, 9.17) is 0 Å². The van der Waals surface area contributed by atoms with Gasteiger partial charge in [0.05, 0.1) is 0 Å². The van der Waals surface area contributed by atoms with Crippen molar-refractivity contribution in [1.82, 2.24) is 10.6 Å². The van der Waals surface area contributed by atoms with E-state index in [0.29, 0.717) is 0 Å². The summed E-state index contributed by atoms with van der Waals surface area (Å²) >= 11 is 0. The Kier molecular flexibility index (Phi) is 11.5. The first-order valence-electron chi connectivity index (χ1n) is 2.41. The molecule has 0 bridgehead atoms. The monoisotopic (exact) mass is 126 g/mol. The Balaban J connectivity index is 0. The van der Waals surface area contributed by atoms with E-state index in [9.17, 15) is 0 Å². The van der Waals surface area contributed by atoms with Crippen LogP contribution in [0.15, 0.2) is 0 Å². The summed E-state index contributed by atoms with van der Waals surface area (Å²) in [6, 6.07) is 0. The summed E-state index contributed by atoms with van der Waals surface area (Å²) in [5.74, 6) is 0. The molecule has 3 N–H and O–H groups in total. The van der Waals surface area contributed by atoms with Gasteiger partial charge >= 0.3 is 29.6 Å². The molecule has 0 unspecified atom stereocenters. The van der Waals surface area contributed by atoms with E-state index < -0.39 is 0 Å². The molecule has 0 aromatic heterocycles. The molecule has 1 fully saturated rings. The Morgan fingerprint density at radius 1 is 0.750 bits per heavy atom. The zero-order chi connectivity index (χ0) is 4.24. The first kappa shape index (κ1) is 11.6. The third-order valence-electron chi connectivity index (χ3n) is 0.957. The molecule has 1 saturated heterocycles. The van der Waals surface area contributed by atoms with Crippen molar-refractivity contribution in [3.63, 3.8) is 0 Å². The van der Waals surface area contributed by atoms with E-state index in [2.05, 4.69) is 10.6 Å². The summed E-state index contributed by atoms with van der Waals surface area (Å²) in [5, 5.41) is 6.44. The summed E-state index contributed by atoms with van der Waals surface area (Å²) in [4.78, 5) is 0. The summed E-state index contributed by atoms with van der Waals surface area (Å²) < 4.78 is 0. The molecule has 0 aromatic carbocycles. The van der Waals surface area contributed by atoms with Crippen molar-refractivity contribution in [1.29, 1.82) is 0 Å². The van der Waals surface area contributed by atoms with E-state index in [0.717, 1.165) is 26.2 Å². The van der Waals surface area contributed by atoms with Gasteiger partial charge < -0.3 is 16.1 Å². The van der Waals surface area contributed by atoms with E-state index in [1.807, 2.05) is 0 Å². The van der Waals surface area contributed by atoms with Crippen LogP contribution in [0.3, 0.4) is 0 Å². The van der Waals surface area contributed by atoms with Gasteiger partial charge in [-0.05, 0) is 0 Å². The molecule has 0 aromatic rings. The standard InChI is InChI=1S/C4H10N2.Na.H2O/c1-2-6-4-3-5-1;;/h5-6H,1-4H2;;1H2/q;+1;/p-1. The number of hydrogen-bond acceptors (Lipinski definition) is 3. The molecule has 0 amide bonds. The van der Waals surface area contributed by atoms with Crippen LogP contribution < -0.4 is 40.2 Å². The second kappa shape index (κ2) is 7.88. The van der Waals surface area contributed by atoms with Crippen LogP contribution >= 0.6 is 0 Å². The van der Waals surface area contributed by atoms with Crippen LogP contribution in [0.2, 0.25) is 0 Å². The minimum absolute atomic E-state index is 0. The van der Waals surface area contributed by atoms with Crippen molar-refractivity contribution >= 4 is 0 Å². The zero-order valence-electron chi connectivity index (χ0n) is 5.28. The van der Waals surface area contributed by atoms with Crippen LogP contribution in [0.25, 0.3) is 0 Å². The minimum atomic E-state index is 0. The van der Waals surface area contributed by atoms with E-state index >= 15 is 0 Å². The fraction of sp³-hybridized carbons (Fsp3) is 1.00. The Morgan fingerprint density at radius 2 is 1.00 bits per heavy atom. The van der Waals surface area contributed by atoms with Crippen LogP contribution in [-0.4, -0.2) is 31.7 Å². The first-order chi connectivity index (χ1) is 3.00. The zero-order valence-corrected chi connectivity index (χ0v) is 7.28. The van der Waals surface area contributed by atoms with Gasteiger partial charge in [0.1, 0.15) is 0 Å². The third kappa shape index (κ3) is 5.03. The van der Waals surface area contributed by atoms with Crippen molar-refractivity contribution in [3.8, 4) is 0 Å². The van der Waals surface area contributed by atoms with Gasteiger partial charge in [-0.15, -0.1) is 0 Å². The van der Waals surface area contributed by atoms with Crippen LogP contribution in [0, 0.1) is 0 Å². The average Bonchev–Trinajstić information content (AvgIpc) is 1.72. The van der Waals surface area contributed by atoms with Crippen LogP contribution in [-0.2, 0) is 0 Å².